The van der Waals surface area contributed by atoms with E-state index in [4.69, 9.17) is 0 Å². The van der Waals surface area contributed by atoms with Gasteiger partial charge in [0.15, 0.2) is 0 Å². The fourth-order valence-corrected chi connectivity index (χ4v) is 11.1. The Hall–Kier alpha value is -8.46. The summed E-state index contributed by atoms with van der Waals surface area (Å²) in [6.45, 7) is 0. The quantitative estimate of drug-likeness (QED) is 0.164. The van der Waals surface area contributed by atoms with Crippen molar-refractivity contribution < 1.29 is 0 Å². The molecule has 0 N–H and O–H groups in total. The summed E-state index contributed by atoms with van der Waals surface area (Å²) in [6, 6.07) is 85.3. The molecule has 0 saturated heterocycles. The number of hydrogen-bond donors (Lipinski definition) is 0. The van der Waals surface area contributed by atoms with E-state index < -0.39 is 0 Å². The van der Waals surface area contributed by atoms with Crippen LogP contribution in [0.25, 0.3) is 132 Å². The molecule has 0 saturated carbocycles. The minimum absolute atomic E-state index is 1.14. The van der Waals surface area contributed by atoms with Gasteiger partial charge in [0.05, 0.1) is 22.1 Å². The van der Waals surface area contributed by atoms with Gasteiger partial charge >= 0.3 is 0 Å². The van der Waals surface area contributed by atoms with E-state index in [1.807, 2.05) is 0 Å². The highest BCUT2D eigenvalue weighted by molar-refractivity contribution is 6.21. The van der Waals surface area contributed by atoms with E-state index in [9.17, 15) is 0 Å². The second-order valence-electron chi connectivity index (χ2n) is 17.2. The molecule has 14 rings (SSSR count). The molecule has 0 atom stereocenters. The molecule has 11 aromatic carbocycles. The summed E-state index contributed by atoms with van der Waals surface area (Å²) in [5, 5.41) is 10.1. The fourth-order valence-electron chi connectivity index (χ4n) is 11.1. The summed E-state index contributed by atoms with van der Waals surface area (Å²) in [5.74, 6) is 0. The predicted molar refractivity (Wildman–Crippen MR) is 271 cm³/mol. The Labute approximate surface area is 370 Å². The molecule has 0 bridgehead atoms. The average molecular weight is 811 g/mol. The number of nitrogens with zero attached hydrogens (tertiary/aromatic N) is 2. The largest absolute Gasteiger partial charge is 0.309 e. The number of rotatable bonds is 5. The normalized spacial score (nSPS) is 12.1. The van der Waals surface area contributed by atoms with Crippen LogP contribution >= 0.6 is 0 Å². The van der Waals surface area contributed by atoms with Gasteiger partial charge in [-0.25, -0.2) is 0 Å². The maximum atomic E-state index is 2.50. The molecule has 0 radical (unpaired) electrons. The number of aromatic nitrogens is 2. The monoisotopic (exact) mass is 810 g/mol. The van der Waals surface area contributed by atoms with Gasteiger partial charge in [0.1, 0.15) is 0 Å². The molecule has 2 heterocycles. The highest BCUT2D eigenvalue weighted by atomic mass is 15.0. The van der Waals surface area contributed by atoms with Crippen molar-refractivity contribution in [3.05, 3.63) is 231 Å². The summed E-state index contributed by atoms with van der Waals surface area (Å²) >= 11 is 0. The molecular formula is C62H38N2. The lowest BCUT2D eigenvalue weighted by Crippen LogP contribution is -1.96. The van der Waals surface area contributed by atoms with Gasteiger partial charge in [-0.05, 0) is 120 Å². The summed E-state index contributed by atoms with van der Waals surface area (Å²) in [5.41, 5.74) is 19.7. The first-order chi connectivity index (χ1) is 31.8. The second-order valence-corrected chi connectivity index (χ2v) is 17.2. The first-order valence-electron chi connectivity index (χ1n) is 22.2. The van der Waals surface area contributed by atoms with Crippen molar-refractivity contribution in [1.29, 1.82) is 0 Å². The third kappa shape index (κ3) is 5.02. The minimum atomic E-state index is 1.14. The Bertz CT molecular complexity index is 4040. The average Bonchev–Trinajstić information content (AvgIpc) is 4.00. The topological polar surface area (TPSA) is 9.86 Å². The predicted octanol–water partition coefficient (Wildman–Crippen LogP) is 16.8. The lowest BCUT2D eigenvalue weighted by Gasteiger charge is -2.16. The van der Waals surface area contributed by atoms with Crippen LogP contribution in [0, 0.1) is 0 Å². The van der Waals surface area contributed by atoms with E-state index in [0.717, 1.165) is 11.4 Å². The van der Waals surface area contributed by atoms with Crippen LogP contribution in [0.3, 0.4) is 0 Å². The van der Waals surface area contributed by atoms with Crippen molar-refractivity contribution in [3.63, 3.8) is 0 Å². The van der Waals surface area contributed by atoms with Crippen molar-refractivity contribution >= 4 is 65.2 Å². The van der Waals surface area contributed by atoms with Crippen LogP contribution in [-0.2, 0) is 0 Å². The zero-order chi connectivity index (χ0) is 41.9. The first-order valence-corrected chi connectivity index (χ1v) is 22.2. The van der Waals surface area contributed by atoms with Gasteiger partial charge in [-0.3, -0.25) is 0 Å². The summed E-state index contributed by atoms with van der Waals surface area (Å²) in [7, 11) is 0. The number of hydrogen-bond acceptors (Lipinski definition) is 0. The van der Waals surface area contributed by atoms with Gasteiger partial charge in [-0.2, -0.15) is 0 Å². The number of fused-ring (bicyclic) bond motifs is 11. The first kappa shape index (κ1) is 35.2. The Morgan fingerprint density at radius 2 is 0.812 bits per heavy atom. The summed E-state index contributed by atoms with van der Waals surface area (Å²) < 4.78 is 4.90. The van der Waals surface area contributed by atoms with Crippen LogP contribution in [0.5, 0.6) is 0 Å². The van der Waals surface area contributed by atoms with Gasteiger partial charge < -0.3 is 9.13 Å². The Kier molecular flexibility index (Phi) is 7.43. The molecule has 64 heavy (non-hydrogen) atoms. The van der Waals surface area contributed by atoms with Crippen LogP contribution in [0.1, 0.15) is 0 Å². The van der Waals surface area contributed by atoms with E-state index in [2.05, 4.69) is 240 Å². The van der Waals surface area contributed by atoms with Crippen LogP contribution < -0.4 is 0 Å². The molecule has 2 heteroatoms. The summed E-state index contributed by atoms with van der Waals surface area (Å²) in [6.07, 6.45) is 0. The number of para-hydroxylation sites is 2. The highest BCUT2D eigenvalue weighted by Gasteiger charge is 2.24. The summed E-state index contributed by atoms with van der Waals surface area (Å²) in [4.78, 5) is 0. The Balaban J connectivity index is 0.950. The Morgan fingerprint density at radius 3 is 1.67 bits per heavy atom. The van der Waals surface area contributed by atoms with Crippen molar-refractivity contribution in [1.82, 2.24) is 9.13 Å². The Morgan fingerprint density at radius 1 is 0.234 bits per heavy atom. The molecule has 0 spiro atoms. The molecule has 1 aliphatic carbocycles. The minimum Gasteiger partial charge on any atom is -0.309 e. The lowest BCUT2D eigenvalue weighted by atomic mass is 9.89. The molecule has 0 unspecified atom stereocenters. The zero-order valence-electron chi connectivity index (χ0n) is 34.8. The molecule has 13 aromatic rings. The molecule has 0 aliphatic heterocycles. The third-order valence-electron chi connectivity index (χ3n) is 13.9. The van der Waals surface area contributed by atoms with Crippen LogP contribution in [-0.4, -0.2) is 9.13 Å². The van der Waals surface area contributed by atoms with Crippen molar-refractivity contribution in [2.75, 3.05) is 0 Å². The molecular weight excluding hydrogens is 773 g/mol. The SMILES string of the molecule is c1ccc(-n2c3ccccc3c3ccc(-c4ccc5c(c4)c4ccc6ccccc6c4n5-c4cccc(-c5ccccc5-c5ccc6c7c(cccc57)-c5ccccc5-6)c4)cc32)cc1. The highest BCUT2D eigenvalue weighted by Crippen LogP contribution is 2.50. The molecule has 296 valence electrons. The van der Waals surface area contributed by atoms with Gasteiger partial charge in [0.2, 0.25) is 0 Å². The van der Waals surface area contributed by atoms with E-state index in [0.29, 0.717) is 0 Å². The van der Waals surface area contributed by atoms with Gasteiger partial charge in [-0.15, -0.1) is 0 Å². The fraction of sp³-hybridized carbons (Fsp3) is 0. The number of benzene rings is 11. The molecule has 1 aliphatic rings. The second kappa shape index (κ2) is 13.5. The maximum absolute atomic E-state index is 2.50. The third-order valence-corrected chi connectivity index (χ3v) is 13.9. The van der Waals surface area contributed by atoms with Gasteiger partial charge in [-0.1, -0.05) is 182 Å². The molecule has 0 fully saturated rings. The van der Waals surface area contributed by atoms with Crippen LogP contribution in [0.2, 0.25) is 0 Å². The van der Waals surface area contributed by atoms with E-state index in [1.54, 1.807) is 0 Å². The smallest absolute Gasteiger partial charge is 0.0619 e. The van der Waals surface area contributed by atoms with E-state index in [-0.39, 0.29) is 0 Å². The van der Waals surface area contributed by atoms with E-state index in [1.165, 1.54) is 121 Å². The standard InChI is InChI=1S/C62H38N2/c1-2-16-43(17-3-1)63-58-27-11-10-24-51(58)52-31-29-41(38-60(52)63)40-30-35-59-57(37-40)56-32-28-39-14-4-5-20-46(39)62(56)64(59)44-18-12-15-42(36-44)45-19-6-7-21-47(45)50-33-34-55-49-23-9-8-22-48(49)53-25-13-26-54(50)61(53)55/h1-38H. The van der Waals surface area contributed by atoms with Crippen molar-refractivity contribution in [2.24, 2.45) is 0 Å². The lowest BCUT2D eigenvalue weighted by molar-refractivity contribution is 1.18. The molecule has 2 nitrogen and oxygen atoms in total. The zero-order valence-corrected chi connectivity index (χ0v) is 34.8. The van der Waals surface area contributed by atoms with Gasteiger partial charge in [0.25, 0.3) is 0 Å². The molecule has 0 amide bonds. The van der Waals surface area contributed by atoms with E-state index >= 15 is 0 Å². The van der Waals surface area contributed by atoms with Gasteiger partial charge in [0, 0.05) is 38.3 Å². The van der Waals surface area contributed by atoms with Crippen LogP contribution in [0.4, 0.5) is 0 Å². The van der Waals surface area contributed by atoms with Crippen molar-refractivity contribution in [3.8, 4) is 67.0 Å². The van der Waals surface area contributed by atoms with Crippen LogP contribution in [0.15, 0.2) is 231 Å². The molecule has 2 aromatic heterocycles. The van der Waals surface area contributed by atoms with Crippen molar-refractivity contribution in [2.45, 2.75) is 0 Å². The maximum Gasteiger partial charge on any atom is 0.0619 e.